The minimum atomic E-state index is -4.05. The zero-order chi connectivity index (χ0) is 23.5. The van der Waals surface area contributed by atoms with Gasteiger partial charge in [0.2, 0.25) is 10.0 Å². The number of aliphatic hydroxyl groups excluding tert-OH is 1. The molecule has 3 rings (SSSR count). The number of aryl methyl sites for hydroxylation is 3. The number of aromatic nitrogens is 2. The van der Waals surface area contributed by atoms with Gasteiger partial charge in [0.15, 0.2) is 0 Å². The number of nitrogens with one attached hydrogen (secondary N) is 2. The van der Waals surface area contributed by atoms with E-state index in [-0.39, 0.29) is 17.2 Å². The van der Waals surface area contributed by atoms with Gasteiger partial charge in [-0.05, 0) is 62.6 Å². The van der Waals surface area contributed by atoms with Gasteiger partial charge in [0.1, 0.15) is 6.04 Å². The first kappa shape index (κ1) is 23.7. The standard InChI is InChI=1S/C22H27N3O6S/c1-14-9-10-17(13-15(14)2)32(29,30)24-20(16(3)26)21(27)31-12-6-11-25-19-8-5-4-7-18(19)23-22(25)28/h4-5,7-10,13,16,20,24,26H,6,11-12H2,1-3H3,(H,23,28)/t16-,20+/m0/s1. The molecule has 0 unspecified atom stereocenters. The Morgan fingerprint density at radius 1 is 1.19 bits per heavy atom. The molecule has 2 aromatic carbocycles. The molecule has 1 aromatic heterocycles. The first-order chi connectivity index (χ1) is 15.1. The Hall–Kier alpha value is -2.95. The number of benzene rings is 2. The zero-order valence-corrected chi connectivity index (χ0v) is 19.0. The smallest absolute Gasteiger partial charge is 0.326 e. The largest absolute Gasteiger partial charge is 0.464 e. The highest BCUT2D eigenvalue weighted by Crippen LogP contribution is 2.16. The Morgan fingerprint density at radius 2 is 1.91 bits per heavy atom. The monoisotopic (exact) mass is 461 g/mol. The van der Waals surface area contributed by atoms with Gasteiger partial charge in [0, 0.05) is 6.54 Å². The molecule has 3 N–H and O–H groups in total. The normalized spacial score (nSPS) is 13.8. The van der Waals surface area contributed by atoms with Gasteiger partial charge in [0.05, 0.1) is 28.6 Å². The van der Waals surface area contributed by atoms with Gasteiger partial charge in [-0.15, -0.1) is 0 Å². The number of para-hydroxylation sites is 2. The number of carbonyl (C=O) groups excluding carboxylic acids is 1. The van der Waals surface area contributed by atoms with E-state index in [1.165, 1.54) is 23.6 Å². The second-order valence-electron chi connectivity index (χ2n) is 7.71. The van der Waals surface area contributed by atoms with E-state index in [4.69, 9.17) is 4.74 Å². The molecule has 2 atom stereocenters. The van der Waals surface area contributed by atoms with Crippen molar-refractivity contribution in [1.29, 1.82) is 0 Å². The Kier molecular flexibility index (Phi) is 7.17. The molecule has 0 saturated heterocycles. The summed E-state index contributed by atoms with van der Waals surface area (Å²) in [6, 6.07) is 10.4. The lowest BCUT2D eigenvalue weighted by Crippen LogP contribution is -2.48. The number of nitrogens with zero attached hydrogens (tertiary/aromatic N) is 1. The van der Waals surface area contributed by atoms with Crippen molar-refractivity contribution in [3.8, 4) is 0 Å². The van der Waals surface area contributed by atoms with Crippen LogP contribution in [0.2, 0.25) is 0 Å². The average molecular weight is 462 g/mol. The molecule has 0 saturated carbocycles. The Bertz CT molecular complexity index is 1280. The lowest BCUT2D eigenvalue weighted by molar-refractivity contribution is -0.148. The highest BCUT2D eigenvalue weighted by atomic mass is 32.2. The maximum absolute atomic E-state index is 12.7. The van der Waals surface area contributed by atoms with Crippen LogP contribution in [0.5, 0.6) is 0 Å². The van der Waals surface area contributed by atoms with Crippen molar-refractivity contribution in [3.05, 3.63) is 64.1 Å². The van der Waals surface area contributed by atoms with Crippen molar-refractivity contribution in [3.63, 3.8) is 0 Å². The van der Waals surface area contributed by atoms with Crippen molar-refractivity contribution in [2.75, 3.05) is 6.61 Å². The third-order valence-corrected chi connectivity index (χ3v) is 6.70. The van der Waals surface area contributed by atoms with E-state index < -0.39 is 28.1 Å². The van der Waals surface area contributed by atoms with Gasteiger partial charge >= 0.3 is 11.7 Å². The van der Waals surface area contributed by atoms with Gasteiger partial charge in [-0.3, -0.25) is 9.36 Å². The number of aromatic amines is 1. The van der Waals surface area contributed by atoms with Crippen molar-refractivity contribution in [1.82, 2.24) is 14.3 Å². The molecule has 10 heteroatoms. The van der Waals surface area contributed by atoms with E-state index in [2.05, 4.69) is 9.71 Å². The summed E-state index contributed by atoms with van der Waals surface area (Å²) >= 11 is 0. The molecular weight excluding hydrogens is 434 g/mol. The molecule has 3 aromatic rings. The SMILES string of the molecule is Cc1ccc(S(=O)(=O)N[C@@H](C(=O)OCCCn2c(=O)[nH]c3ccccc32)[C@H](C)O)cc1C. The van der Waals surface area contributed by atoms with Crippen molar-refractivity contribution < 1.29 is 23.1 Å². The number of rotatable bonds is 9. The predicted octanol–water partition coefficient (Wildman–Crippen LogP) is 1.61. The second-order valence-corrected chi connectivity index (χ2v) is 9.42. The molecule has 172 valence electrons. The van der Waals surface area contributed by atoms with E-state index in [0.717, 1.165) is 16.6 Å². The van der Waals surface area contributed by atoms with Crippen LogP contribution in [0, 0.1) is 13.8 Å². The number of esters is 1. The summed E-state index contributed by atoms with van der Waals surface area (Å²) in [5.41, 5.74) is 2.91. The molecule has 32 heavy (non-hydrogen) atoms. The molecule has 0 aliphatic heterocycles. The summed E-state index contributed by atoms with van der Waals surface area (Å²) in [4.78, 5) is 27.3. The minimum absolute atomic E-state index is 0.00207. The zero-order valence-electron chi connectivity index (χ0n) is 18.2. The minimum Gasteiger partial charge on any atom is -0.464 e. The van der Waals surface area contributed by atoms with Crippen LogP contribution < -0.4 is 10.4 Å². The quantitative estimate of drug-likeness (QED) is 0.328. The van der Waals surface area contributed by atoms with Crippen LogP contribution in [0.25, 0.3) is 11.0 Å². The summed E-state index contributed by atoms with van der Waals surface area (Å²) in [5.74, 6) is -0.890. The molecular formula is C22H27N3O6S. The molecule has 0 amide bonds. The van der Waals surface area contributed by atoms with Crippen molar-refractivity contribution >= 4 is 27.0 Å². The number of imidazole rings is 1. The molecule has 0 aliphatic carbocycles. The third kappa shape index (κ3) is 5.26. The maximum atomic E-state index is 12.7. The van der Waals surface area contributed by atoms with Gasteiger partial charge in [-0.2, -0.15) is 4.72 Å². The Balaban J connectivity index is 1.62. The number of H-pyrrole nitrogens is 1. The number of hydrogen-bond donors (Lipinski definition) is 3. The first-order valence-electron chi connectivity index (χ1n) is 10.2. The Morgan fingerprint density at radius 3 is 2.59 bits per heavy atom. The fourth-order valence-corrected chi connectivity index (χ4v) is 4.62. The fourth-order valence-electron chi connectivity index (χ4n) is 3.27. The summed E-state index contributed by atoms with van der Waals surface area (Å²) in [7, 11) is -4.05. The second kappa shape index (κ2) is 9.68. The lowest BCUT2D eigenvalue weighted by atomic mass is 10.1. The average Bonchev–Trinajstić information content (AvgIpc) is 3.06. The summed E-state index contributed by atoms with van der Waals surface area (Å²) in [6.45, 7) is 5.22. The van der Waals surface area contributed by atoms with E-state index in [0.29, 0.717) is 18.5 Å². The van der Waals surface area contributed by atoms with Gasteiger partial charge in [-0.25, -0.2) is 13.2 Å². The number of sulfonamides is 1. The Labute approximate surface area is 186 Å². The molecule has 0 fully saturated rings. The van der Waals surface area contributed by atoms with Crippen LogP contribution in [0.1, 0.15) is 24.5 Å². The van der Waals surface area contributed by atoms with Crippen molar-refractivity contribution in [2.45, 2.75) is 50.8 Å². The summed E-state index contributed by atoms with van der Waals surface area (Å²) in [6.07, 6.45) is -0.968. The molecule has 0 bridgehead atoms. The number of carbonyl (C=O) groups is 1. The van der Waals surface area contributed by atoms with E-state index in [1.54, 1.807) is 19.1 Å². The lowest BCUT2D eigenvalue weighted by Gasteiger charge is -2.20. The van der Waals surface area contributed by atoms with Crippen LogP contribution >= 0.6 is 0 Å². The van der Waals surface area contributed by atoms with Gasteiger partial charge < -0.3 is 14.8 Å². The molecule has 0 spiro atoms. The first-order valence-corrected chi connectivity index (χ1v) is 11.7. The topological polar surface area (TPSA) is 130 Å². The van der Waals surface area contributed by atoms with Crippen LogP contribution in [0.4, 0.5) is 0 Å². The summed E-state index contributed by atoms with van der Waals surface area (Å²) in [5, 5.41) is 9.98. The molecule has 1 heterocycles. The van der Waals surface area contributed by atoms with Crippen LogP contribution in [0.15, 0.2) is 52.2 Å². The molecule has 0 aliphatic rings. The van der Waals surface area contributed by atoms with Crippen molar-refractivity contribution in [2.24, 2.45) is 0 Å². The molecule has 0 radical (unpaired) electrons. The van der Waals surface area contributed by atoms with Crippen LogP contribution in [0.3, 0.4) is 0 Å². The van der Waals surface area contributed by atoms with E-state index in [1.807, 2.05) is 25.1 Å². The number of hydrogen-bond acceptors (Lipinski definition) is 6. The third-order valence-electron chi connectivity index (χ3n) is 5.26. The number of ether oxygens (including phenoxy) is 1. The predicted molar refractivity (Wildman–Crippen MR) is 120 cm³/mol. The fraction of sp³-hybridized carbons (Fsp3) is 0.364. The van der Waals surface area contributed by atoms with Gasteiger partial charge in [0.25, 0.3) is 0 Å². The molecule has 9 nitrogen and oxygen atoms in total. The van der Waals surface area contributed by atoms with E-state index >= 15 is 0 Å². The maximum Gasteiger partial charge on any atom is 0.326 e. The van der Waals surface area contributed by atoms with Crippen LogP contribution in [-0.2, 0) is 26.1 Å². The number of fused-ring (bicyclic) bond motifs is 1. The van der Waals surface area contributed by atoms with Gasteiger partial charge in [-0.1, -0.05) is 18.2 Å². The summed E-state index contributed by atoms with van der Waals surface area (Å²) < 4.78 is 34.3. The number of aliphatic hydroxyl groups is 1. The highest BCUT2D eigenvalue weighted by molar-refractivity contribution is 7.89. The highest BCUT2D eigenvalue weighted by Gasteiger charge is 2.31. The van der Waals surface area contributed by atoms with E-state index in [9.17, 15) is 23.1 Å². The van der Waals surface area contributed by atoms with Crippen LogP contribution in [-0.4, -0.2) is 47.8 Å².